The molecule has 0 spiro atoms. The molecular weight excluding hydrogens is 372 g/mol. The monoisotopic (exact) mass is 404 g/mol. The number of hydrogen-bond donors (Lipinski definition) is 2. The van der Waals surface area contributed by atoms with Gasteiger partial charge in [0.15, 0.2) is 17.2 Å². The fourth-order valence-electron chi connectivity index (χ4n) is 7.63. The number of fused-ring (bicyclic) bond motifs is 5. The van der Waals surface area contributed by atoms with Gasteiger partial charge in [-0.15, -0.1) is 0 Å². The molecule has 0 unspecified atom stereocenters. The van der Waals surface area contributed by atoms with Crippen molar-refractivity contribution >= 4 is 17.5 Å². The topological polar surface area (TPSA) is 101 Å². The molecule has 0 radical (unpaired) electrons. The van der Waals surface area contributed by atoms with Gasteiger partial charge in [-0.25, -0.2) is 0 Å². The molecule has 0 aromatic heterocycles. The van der Waals surface area contributed by atoms with Gasteiger partial charge in [0.25, 0.3) is 0 Å². The Bertz CT molecular complexity index is 801. The van der Waals surface area contributed by atoms with Crippen molar-refractivity contribution in [1.82, 2.24) is 0 Å². The van der Waals surface area contributed by atoms with Crippen LogP contribution in [-0.2, 0) is 19.1 Å². The number of carbonyl (C=O) groups excluding carboxylic acids is 3. The Morgan fingerprint density at radius 2 is 1.72 bits per heavy atom. The van der Waals surface area contributed by atoms with E-state index < -0.39 is 29.2 Å². The zero-order valence-electron chi connectivity index (χ0n) is 17.7. The molecule has 0 bridgehead atoms. The third kappa shape index (κ3) is 2.57. The van der Waals surface area contributed by atoms with Crippen molar-refractivity contribution in [2.24, 2.45) is 28.6 Å². The summed E-state index contributed by atoms with van der Waals surface area (Å²) in [5.41, 5.74) is -1.41. The first-order chi connectivity index (χ1) is 13.5. The second kappa shape index (κ2) is 6.48. The molecule has 8 atom stereocenters. The summed E-state index contributed by atoms with van der Waals surface area (Å²) in [6.07, 6.45) is 3.21. The van der Waals surface area contributed by atoms with Crippen LogP contribution in [0.15, 0.2) is 11.6 Å². The number of hydrogen-bond acceptors (Lipinski definition) is 6. The fourth-order valence-corrected chi connectivity index (χ4v) is 7.63. The molecule has 0 saturated heterocycles. The fraction of sp³-hybridized carbons (Fsp3) is 0.783. The molecule has 3 saturated carbocycles. The Labute approximate surface area is 171 Å². The highest BCUT2D eigenvalue weighted by Gasteiger charge is 2.70. The van der Waals surface area contributed by atoms with E-state index >= 15 is 0 Å². The highest BCUT2D eigenvalue weighted by atomic mass is 16.6. The lowest BCUT2D eigenvalue weighted by atomic mass is 9.45. The van der Waals surface area contributed by atoms with Gasteiger partial charge in [0.05, 0.1) is 6.10 Å². The van der Waals surface area contributed by atoms with Gasteiger partial charge in [-0.2, -0.15) is 0 Å². The van der Waals surface area contributed by atoms with E-state index in [1.54, 1.807) is 6.08 Å². The summed E-state index contributed by atoms with van der Waals surface area (Å²) in [6, 6.07) is 0. The van der Waals surface area contributed by atoms with Crippen LogP contribution in [0, 0.1) is 28.6 Å². The number of ether oxygens (including phenoxy) is 1. The molecule has 4 rings (SSSR count). The number of rotatable bonds is 2. The average Bonchev–Trinajstić information content (AvgIpc) is 2.94. The second-order valence-electron chi connectivity index (χ2n) is 10.2. The molecule has 6 nitrogen and oxygen atoms in total. The smallest absolute Gasteiger partial charge is 0.303 e. The SMILES string of the molecule is CC(=O)O[C@]1(C(C)=O)CC[C@H]2[C@@H]3[C@H](O)[C@H](O)C4=CC(=O)CC[C@]4(C)[C@H]3CC[C@@]21C. The van der Waals surface area contributed by atoms with Crippen molar-refractivity contribution in [2.45, 2.75) is 84.0 Å². The molecule has 2 N–H and O–H groups in total. The minimum Gasteiger partial charge on any atom is -0.451 e. The van der Waals surface area contributed by atoms with Gasteiger partial charge in [0.1, 0.15) is 6.10 Å². The molecule has 29 heavy (non-hydrogen) atoms. The van der Waals surface area contributed by atoms with Crippen molar-refractivity contribution in [3.05, 3.63) is 11.6 Å². The molecule has 4 aliphatic rings. The summed E-state index contributed by atoms with van der Waals surface area (Å²) < 4.78 is 5.73. The van der Waals surface area contributed by atoms with Gasteiger partial charge >= 0.3 is 5.97 Å². The lowest BCUT2D eigenvalue weighted by molar-refractivity contribution is -0.197. The van der Waals surface area contributed by atoms with E-state index in [0.717, 1.165) is 6.42 Å². The van der Waals surface area contributed by atoms with Crippen LogP contribution in [-0.4, -0.2) is 45.6 Å². The molecular formula is C23H32O6. The Morgan fingerprint density at radius 3 is 2.34 bits per heavy atom. The van der Waals surface area contributed by atoms with Crippen LogP contribution in [0.4, 0.5) is 0 Å². The van der Waals surface area contributed by atoms with E-state index in [1.807, 2.05) is 6.92 Å². The van der Waals surface area contributed by atoms with E-state index in [1.165, 1.54) is 13.8 Å². The maximum absolute atomic E-state index is 12.8. The van der Waals surface area contributed by atoms with Crippen LogP contribution in [0.3, 0.4) is 0 Å². The molecule has 0 aromatic rings. The van der Waals surface area contributed by atoms with E-state index in [2.05, 4.69) is 6.92 Å². The maximum atomic E-state index is 12.8. The predicted molar refractivity (Wildman–Crippen MR) is 105 cm³/mol. The number of ketones is 2. The molecule has 4 aliphatic carbocycles. The third-order valence-electron chi connectivity index (χ3n) is 9.06. The highest BCUT2D eigenvalue weighted by molar-refractivity contribution is 5.92. The van der Waals surface area contributed by atoms with Crippen molar-refractivity contribution < 1.29 is 29.3 Å². The highest BCUT2D eigenvalue weighted by Crippen LogP contribution is 2.68. The molecule has 6 heteroatoms. The predicted octanol–water partition coefficient (Wildman–Crippen LogP) is 2.35. The first kappa shape index (κ1) is 20.7. The van der Waals surface area contributed by atoms with Crippen LogP contribution >= 0.6 is 0 Å². The normalized spacial score (nSPS) is 48.8. The van der Waals surface area contributed by atoms with Gasteiger partial charge in [-0.1, -0.05) is 13.8 Å². The molecule has 160 valence electrons. The minimum atomic E-state index is -1.17. The molecule has 3 fully saturated rings. The molecule has 0 aliphatic heterocycles. The number of aliphatic hydroxyl groups excluding tert-OH is 2. The largest absolute Gasteiger partial charge is 0.451 e. The number of esters is 1. The van der Waals surface area contributed by atoms with Crippen LogP contribution in [0.1, 0.15) is 66.2 Å². The zero-order chi connectivity index (χ0) is 21.4. The summed E-state index contributed by atoms with van der Waals surface area (Å²) >= 11 is 0. The van der Waals surface area contributed by atoms with E-state index in [4.69, 9.17) is 4.74 Å². The Morgan fingerprint density at radius 1 is 1.07 bits per heavy atom. The number of carbonyl (C=O) groups is 3. The summed E-state index contributed by atoms with van der Waals surface area (Å²) in [5, 5.41) is 22.1. The Hall–Kier alpha value is -1.53. The molecule has 0 heterocycles. The summed E-state index contributed by atoms with van der Waals surface area (Å²) in [7, 11) is 0. The maximum Gasteiger partial charge on any atom is 0.303 e. The number of Topliss-reactive ketones (excluding diaryl/α,β-unsaturated/α-hetero) is 1. The zero-order valence-corrected chi connectivity index (χ0v) is 17.7. The Balaban J connectivity index is 1.78. The van der Waals surface area contributed by atoms with Gasteiger partial charge in [0, 0.05) is 18.8 Å². The van der Waals surface area contributed by atoms with Gasteiger partial charge in [0.2, 0.25) is 0 Å². The standard InChI is InChI=1S/C23H32O6/c1-12(24)23(29-13(2)25)10-7-16-18-15(6-9-22(16,23)4)21(3)8-5-14(26)11-17(21)19(27)20(18)28/h11,15-16,18-20,27-28H,5-10H2,1-4H3/t15-,16-,18+,19+,20-,21+,22-,23-/m0/s1. The van der Waals surface area contributed by atoms with Crippen molar-refractivity contribution in [2.75, 3.05) is 0 Å². The molecule has 0 amide bonds. The summed E-state index contributed by atoms with van der Waals surface area (Å²) in [4.78, 5) is 36.7. The van der Waals surface area contributed by atoms with Crippen LogP contribution < -0.4 is 0 Å². The Kier molecular flexibility index (Phi) is 4.63. The van der Waals surface area contributed by atoms with Crippen molar-refractivity contribution in [3.8, 4) is 0 Å². The number of aliphatic hydroxyl groups is 2. The lowest BCUT2D eigenvalue weighted by Gasteiger charge is -2.61. The van der Waals surface area contributed by atoms with Gasteiger partial charge < -0.3 is 14.9 Å². The minimum absolute atomic E-state index is 0.00847. The summed E-state index contributed by atoms with van der Waals surface area (Å²) in [6.45, 7) is 6.95. The van der Waals surface area contributed by atoms with Crippen LogP contribution in [0.25, 0.3) is 0 Å². The van der Waals surface area contributed by atoms with Crippen molar-refractivity contribution in [3.63, 3.8) is 0 Å². The molecule has 0 aromatic carbocycles. The van der Waals surface area contributed by atoms with Gasteiger partial charge in [-0.3, -0.25) is 14.4 Å². The van der Waals surface area contributed by atoms with Crippen molar-refractivity contribution in [1.29, 1.82) is 0 Å². The first-order valence-corrected chi connectivity index (χ1v) is 10.8. The van der Waals surface area contributed by atoms with Crippen LogP contribution in [0.2, 0.25) is 0 Å². The van der Waals surface area contributed by atoms with E-state index in [0.29, 0.717) is 37.7 Å². The van der Waals surface area contributed by atoms with Crippen LogP contribution in [0.5, 0.6) is 0 Å². The lowest BCUT2D eigenvalue weighted by Crippen LogP contribution is -2.63. The summed E-state index contributed by atoms with van der Waals surface area (Å²) in [5.74, 6) is -0.706. The first-order valence-electron chi connectivity index (χ1n) is 10.8. The quantitative estimate of drug-likeness (QED) is 0.685. The second-order valence-corrected chi connectivity index (χ2v) is 10.2. The van der Waals surface area contributed by atoms with E-state index in [9.17, 15) is 24.6 Å². The third-order valence-corrected chi connectivity index (χ3v) is 9.06. The average molecular weight is 405 g/mol. The van der Waals surface area contributed by atoms with Gasteiger partial charge in [-0.05, 0) is 73.8 Å². The van der Waals surface area contributed by atoms with E-state index in [-0.39, 0.29) is 34.7 Å².